The normalized spacial score (nSPS) is 11.8. The third kappa shape index (κ3) is 4.50. The quantitative estimate of drug-likeness (QED) is 0.515. The Balaban J connectivity index is 2.20. The van der Waals surface area contributed by atoms with Crippen molar-refractivity contribution < 1.29 is 29.3 Å². The molecular formula is C18H18N2O6. The third-order valence-corrected chi connectivity index (χ3v) is 3.39. The summed E-state index contributed by atoms with van der Waals surface area (Å²) < 4.78 is 10.6. The molecule has 1 unspecified atom stereocenters. The number of nitrogens with one attached hydrogen (secondary N) is 1. The lowest BCUT2D eigenvalue weighted by Gasteiger charge is -2.15. The second kappa shape index (κ2) is 8.52. The molecule has 26 heavy (non-hydrogen) atoms. The Labute approximate surface area is 149 Å². The number of hydrogen-bond acceptors (Lipinski definition) is 6. The first-order valence-corrected chi connectivity index (χ1v) is 7.62. The summed E-state index contributed by atoms with van der Waals surface area (Å²) in [6.45, 7) is 1.38. The summed E-state index contributed by atoms with van der Waals surface area (Å²) in [5.41, 5.74) is 2.77. The number of carbonyl (C=O) groups is 2. The number of carboxylic acids is 1. The number of carbonyl (C=O) groups excluding carboxylic acids is 1. The van der Waals surface area contributed by atoms with E-state index in [1.54, 1.807) is 30.3 Å². The Morgan fingerprint density at radius 2 is 1.92 bits per heavy atom. The van der Waals surface area contributed by atoms with Crippen LogP contribution in [0.5, 0.6) is 17.2 Å². The van der Waals surface area contributed by atoms with Crippen molar-refractivity contribution in [3.05, 3.63) is 53.6 Å². The third-order valence-electron chi connectivity index (χ3n) is 3.39. The molecule has 0 bridgehead atoms. The zero-order chi connectivity index (χ0) is 19.1. The van der Waals surface area contributed by atoms with E-state index >= 15 is 0 Å². The molecule has 8 heteroatoms. The average molecular weight is 358 g/mol. The maximum atomic E-state index is 12.0. The molecule has 0 aliphatic heterocycles. The first kappa shape index (κ1) is 18.8. The minimum absolute atomic E-state index is 0.0752. The van der Waals surface area contributed by atoms with Gasteiger partial charge in [0.1, 0.15) is 5.75 Å². The Morgan fingerprint density at radius 3 is 2.58 bits per heavy atom. The average Bonchev–Trinajstić information content (AvgIpc) is 2.62. The predicted molar refractivity (Wildman–Crippen MR) is 93.9 cm³/mol. The second-order valence-electron chi connectivity index (χ2n) is 5.19. The Bertz CT molecular complexity index is 834. The van der Waals surface area contributed by atoms with E-state index in [2.05, 4.69) is 10.5 Å². The monoisotopic (exact) mass is 358 g/mol. The van der Waals surface area contributed by atoms with Crippen LogP contribution in [-0.2, 0) is 4.79 Å². The minimum Gasteiger partial charge on any atom is -0.507 e. The predicted octanol–water partition coefficient (Wildman–Crippen LogP) is 2.02. The van der Waals surface area contributed by atoms with Crippen molar-refractivity contribution in [1.29, 1.82) is 0 Å². The lowest BCUT2D eigenvalue weighted by Crippen LogP contribution is -2.24. The standard InChI is InChI=1S/C18H18N2O6/c1-11(18(23)24)26-16-12(6-5-9-15(16)25-2)10-19-20-17(22)13-7-3-4-8-14(13)21/h3-11,21H,1-2H3,(H,20,22)(H,23,24). The summed E-state index contributed by atoms with van der Waals surface area (Å²) in [5, 5.41) is 22.5. The van der Waals surface area contributed by atoms with Gasteiger partial charge in [-0.15, -0.1) is 0 Å². The van der Waals surface area contributed by atoms with Crippen molar-refractivity contribution in [1.82, 2.24) is 5.43 Å². The molecule has 0 saturated heterocycles. The van der Waals surface area contributed by atoms with Crippen LogP contribution in [0.3, 0.4) is 0 Å². The number of ether oxygens (including phenoxy) is 2. The Kier molecular flexibility index (Phi) is 6.15. The van der Waals surface area contributed by atoms with Gasteiger partial charge < -0.3 is 19.7 Å². The molecule has 0 aliphatic carbocycles. The summed E-state index contributed by atoms with van der Waals surface area (Å²) in [6.07, 6.45) is 0.193. The summed E-state index contributed by atoms with van der Waals surface area (Å²) >= 11 is 0. The van der Waals surface area contributed by atoms with Crippen LogP contribution in [0.1, 0.15) is 22.8 Å². The molecular weight excluding hydrogens is 340 g/mol. The molecule has 0 heterocycles. The number of rotatable bonds is 7. The van der Waals surface area contributed by atoms with Crippen molar-refractivity contribution in [2.24, 2.45) is 5.10 Å². The fraction of sp³-hybridized carbons (Fsp3) is 0.167. The number of hydrogen-bond donors (Lipinski definition) is 3. The smallest absolute Gasteiger partial charge is 0.344 e. The van der Waals surface area contributed by atoms with Crippen LogP contribution in [-0.4, -0.2) is 41.5 Å². The highest BCUT2D eigenvalue weighted by Gasteiger charge is 2.18. The van der Waals surface area contributed by atoms with Gasteiger partial charge in [-0.2, -0.15) is 5.10 Å². The molecule has 136 valence electrons. The number of nitrogens with zero attached hydrogens (tertiary/aromatic N) is 1. The molecule has 0 spiro atoms. The van der Waals surface area contributed by atoms with Crippen LogP contribution in [0.4, 0.5) is 0 Å². The molecule has 0 aliphatic rings. The first-order chi connectivity index (χ1) is 12.4. The van der Waals surface area contributed by atoms with Gasteiger partial charge in [0.2, 0.25) is 0 Å². The van der Waals surface area contributed by atoms with Crippen molar-refractivity contribution in [3.8, 4) is 17.2 Å². The number of aromatic hydroxyl groups is 1. The molecule has 2 rings (SSSR count). The number of carboxylic acid groups (broad SMARTS) is 1. The van der Waals surface area contributed by atoms with E-state index in [0.29, 0.717) is 11.3 Å². The number of methoxy groups -OCH3 is 1. The number of phenols is 1. The highest BCUT2D eigenvalue weighted by molar-refractivity contribution is 5.97. The van der Waals surface area contributed by atoms with Gasteiger partial charge in [-0.1, -0.05) is 18.2 Å². The highest BCUT2D eigenvalue weighted by Crippen LogP contribution is 2.31. The fourth-order valence-corrected chi connectivity index (χ4v) is 2.03. The van der Waals surface area contributed by atoms with Crippen LogP contribution in [0, 0.1) is 0 Å². The molecule has 0 radical (unpaired) electrons. The highest BCUT2D eigenvalue weighted by atomic mass is 16.5. The molecule has 1 atom stereocenters. The zero-order valence-electron chi connectivity index (χ0n) is 14.2. The van der Waals surface area contributed by atoms with E-state index in [0.717, 1.165) is 0 Å². The van der Waals surface area contributed by atoms with Crippen LogP contribution in [0.2, 0.25) is 0 Å². The van der Waals surface area contributed by atoms with E-state index in [-0.39, 0.29) is 17.1 Å². The van der Waals surface area contributed by atoms with Gasteiger partial charge in [-0.05, 0) is 31.2 Å². The fourth-order valence-electron chi connectivity index (χ4n) is 2.03. The molecule has 0 aromatic heterocycles. The van der Waals surface area contributed by atoms with E-state index in [9.17, 15) is 14.7 Å². The molecule has 2 aromatic carbocycles. The van der Waals surface area contributed by atoms with Gasteiger partial charge in [0.25, 0.3) is 5.91 Å². The van der Waals surface area contributed by atoms with Crippen LogP contribution in [0.25, 0.3) is 0 Å². The van der Waals surface area contributed by atoms with E-state index in [1.165, 1.54) is 32.4 Å². The molecule has 3 N–H and O–H groups in total. The van der Waals surface area contributed by atoms with Crippen molar-refractivity contribution in [3.63, 3.8) is 0 Å². The Morgan fingerprint density at radius 1 is 1.19 bits per heavy atom. The summed E-state index contributed by atoms with van der Waals surface area (Å²) in [4.78, 5) is 23.0. The van der Waals surface area contributed by atoms with Crippen LogP contribution in [0.15, 0.2) is 47.6 Å². The molecule has 1 amide bonds. The second-order valence-corrected chi connectivity index (χ2v) is 5.19. The Hall–Kier alpha value is -3.55. The largest absolute Gasteiger partial charge is 0.507 e. The topological polar surface area (TPSA) is 117 Å². The number of phenolic OH excluding ortho intramolecular Hbond substituents is 1. The van der Waals surface area contributed by atoms with Gasteiger partial charge in [0.05, 0.1) is 18.9 Å². The lowest BCUT2D eigenvalue weighted by atomic mass is 10.2. The van der Waals surface area contributed by atoms with Crippen LogP contribution >= 0.6 is 0 Å². The SMILES string of the molecule is COc1cccc(C=NNC(=O)c2ccccc2O)c1OC(C)C(=O)O. The van der Waals surface area contributed by atoms with Crippen molar-refractivity contribution >= 4 is 18.1 Å². The summed E-state index contributed by atoms with van der Waals surface area (Å²) in [5.74, 6) is -1.38. The van der Waals surface area contributed by atoms with Gasteiger partial charge in [0, 0.05) is 5.56 Å². The van der Waals surface area contributed by atoms with Gasteiger partial charge in [0.15, 0.2) is 17.6 Å². The molecule has 0 fully saturated rings. The molecule has 0 saturated carbocycles. The van der Waals surface area contributed by atoms with E-state index in [1.807, 2.05) is 0 Å². The van der Waals surface area contributed by atoms with Crippen molar-refractivity contribution in [2.75, 3.05) is 7.11 Å². The number of para-hydroxylation sites is 2. The molecule has 8 nitrogen and oxygen atoms in total. The van der Waals surface area contributed by atoms with Gasteiger partial charge in [-0.3, -0.25) is 4.79 Å². The van der Waals surface area contributed by atoms with Crippen molar-refractivity contribution in [2.45, 2.75) is 13.0 Å². The lowest BCUT2D eigenvalue weighted by molar-refractivity contribution is -0.144. The number of aliphatic carboxylic acids is 1. The zero-order valence-corrected chi connectivity index (χ0v) is 14.2. The number of benzene rings is 2. The van der Waals surface area contributed by atoms with E-state index < -0.39 is 18.0 Å². The number of hydrazone groups is 1. The minimum atomic E-state index is -1.13. The van der Waals surface area contributed by atoms with Crippen LogP contribution < -0.4 is 14.9 Å². The first-order valence-electron chi connectivity index (χ1n) is 7.62. The van der Waals surface area contributed by atoms with Gasteiger partial charge in [-0.25, -0.2) is 10.2 Å². The molecule has 2 aromatic rings. The summed E-state index contributed by atoms with van der Waals surface area (Å²) in [7, 11) is 1.43. The maximum Gasteiger partial charge on any atom is 0.344 e. The maximum absolute atomic E-state index is 12.0. The van der Waals surface area contributed by atoms with E-state index in [4.69, 9.17) is 14.6 Å². The number of amides is 1. The van der Waals surface area contributed by atoms with Gasteiger partial charge >= 0.3 is 5.97 Å². The summed E-state index contributed by atoms with van der Waals surface area (Å²) in [6, 6.07) is 11.0.